The first-order chi connectivity index (χ1) is 7.69. The fourth-order valence-corrected chi connectivity index (χ4v) is 2.13. The maximum Gasteiger partial charge on any atom is 0.250 e. The minimum absolute atomic E-state index is 0.0782. The van der Waals surface area contributed by atoms with Crippen LogP contribution in [0.25, 0.3) is 0 Å². The summed E-state index contributed by atoms with van der Waals surface area (Å²) in [5.74, 6) is 0.622. The van der Waals surface area contributed by atoms with Crippen molar-refractivity contribution in [3.8, 4) is 0 Å². The second kappa shape index (κ2) is 6.51. The average molecular weight is 221 g/mol. The number of pyridine rings is 1. The van der Waals surface area contributed by atoms with Crippen molar-refractivity contribution in [3.63, 3.8) is 0 Å². The first-order valence-corrected chi connectivity index (χ1v) is 6.35. The van der Waals surface area contributed by atoms with E-state index in [1.165, 1.54) is 37.7 Å². The van der Waals surface area contributed by atoms with E-state index in [1.807, 2.05) is 19.3 Å². The molecule has 0 amide bonds. The Hall–Kier alpha value is -1.05. The molecule has 2 heteroatoms. The van der Waals surface area contributed by atoms with Crippen molar-refractivity contribution >= 4 is 0 Å². The Labute approximate surface area is 98.3 Å². The second-order valence-electron chi connectivity index (χ2n) is 4.54. The summed E-state index contributed by atoms with van der Waals surface area (Å²) in [6.45, 7) is 4.45. The van der Waals surface area contributed by atoms with Crippen LogP contribution in [-0.2, 0) is 7.05 Å². The van der Waals surface area contributed by atoms with Gasteiger partial charge in [0.2, 0.25) is 5.56 Å². The van der Waals surface area contributed by atoms with Gasteiger partial charge in [-0.15, -0.1) is 0 Å². The van der Waals surface area contributed by atoms with Gasteiger partial charge in [-0.2, -0.15) is 0 Å². The van der Waals surface area contributed by atoms with Gasteiger partial charge in [-0.1, -0.05) is 39.2 Å². The Bertz CT molecular complexity index is 367. The summed E-state index contributed by atoms with van der Waals surface area (Å²) >= 11 is 0. The average Bonchev–Trinajstić information content (AvgIpc) is 2.28. The lowest BCUT2D eigenvalue weighted by molar-refractivity contribution is 0.537. The molecule has 0 saturated carbocycles. The third-order valence-corrected chi connectivity index (χ3v) is 3.12. The predicted octanol–water partition coefficient (Wildman–Crippen LogP) is 3.46. The lowest BCUT2D eigenvalue weighted by Gasteiger charge is -2.16. The van der Waals surface area contributed by atoms with Gasteiger partial charge in [-0.05, 0) is 24.3 Å². The van der Waals surface area contributed by atoms with Gasteiger partial charge < -0.3 is 4.57 Å². The highest BCUT2D eigenvalue weighted by Gasteiger charge is 2.10. The zero-order chi connectivity index (χ0) is 12.0. The Balaban J connectivity index is 2.82. The number of nitrogens with zero attached hydrogens (tertiary/aromatic N) is 1. The van der Waals surface area contributed by atoms with Crippen LogP contribution in [0.1, 0.15) is 57.4 Å². The standard InChI is InChI=1S/C14H23NO/c1-4-6-8-12(7-5-2)13-9-10-14(16)15(3)11-13/h9-12H,4-8H2,1-3H3. The molecule has 1 aromatic rings. The number of aromatic nitrogens is 1. The lowest BCUT2D eigenvalue weighted by atomic mass is 9.91. The zero-order valence-electron chi connectivity index (χ0n) is 10.7. The molecule has 0 spiro atoms. The Kier molecular flexibility index (Phi) is 5.30. The van der Waals surface area contributed by atoms with Gasteiger partial charge in [0, 0.05) is 19.3 Å². The summed E-state index contributed by atoms with van der Waals surface area (Å²) in [7, 11) is 1.83. The van der Waals surface area contributed by atoms with E-state index >= 15 is 0 Å². The Morgan fingerprint density at radius 3 is 2.50 bits per heavy atom. The van der Waals surface area contributed by atoms with Gasteiger partial charge in [-0.25, -0.2) is 0 Å². The third kappa shape index (κ3) is 3.51. The van der Waals surface area contributed by atoms with Gasteiger partial charge in [0.15, 0.2) is 0 Å². The minimum atomic E-state index is 0.0782. The van der Waals surface area contributed by atoms with E-state index in [-0.39, 0.29) is 5.56 Å². The first kappa shape index (κ1) is 13.0. The van der Waals surface area contributed by atoms with E-state index in [9.17, 15) is 4.79 Å². The van der Waals surface area contributed by atoms with Crippen LogP contribution in [0.3, 0.4) is 0 Å². The maximum atomic E-state index is 11.3. The molecule has 16 heavy (non-hydrogen) atoms. The van der Waals surface area contributed by atoms with Crippen molar-refractivity contribution in [2.24, 2.45) is 7.05 Å². The Morgan fingerprint density at radius 2 is 1.94 bits per heavy atom. The highest BCUT2D eigenvalue weighted by Crippen LogP contribution is 2.25. The van der Waals surface area contributed by atoms with E-state index in [0.29, 0.717) is 5.92 Å². The molecule has 1 unspecified atom stereocenters. The monoisotopic (exact) mass is 221 g/mol. The number of rotatable bonds is 6. The van der Waals surface area contributed by atoms with Crippen LogP contribution in [0.2, 0.25) is 0 Å². The van der Waals surface area contributed by atoms with Crippen LogP contribution in [0.15, 0.2) is 23.1 Å². The predicted molar refractivity (Wildman–Crippen MR) is 68.9 cm³/mol. The summed E-state index contributed by atoms with van der Waals surface area (Å²) in [5, 5.41) is 0. The molecule has 0 saturated heterocycles. The van der Waals surface area contributed by atoms with Gasteiger partial charge >= 0.3 is 0 Å². The van der Waals surface area contributed by atoms with Gasteiger partial charge in [0.25, 0.3) is 0 Å². The molecule has 1 heterocycles. The summed E-state index contributed by atoms with van der Waals surface area (Å²) in [4.78, 5) is 11.3. The third-order valence-electron chi connectivity index (χ3n) is 3.12. The highest BCUT2D eigenvalue weighted by atomic mass is 16.1. The first-order valence-electron chi connectivity index (χ1n) is 6.35. The van der Waals surface area contributed by atoms with E-state index < -0.39 is 0 Å². The smallest absolute Gasteiger partial charge is 0.250 e. The fraction of sp³-hybridized carbons (Fsp3) is 0.643. The van der Waals surface area contributed by atoms with Gasteiger partial charge in [-0.3, -0.25) is 4.79 Å². The van der Waals surface area contributed by atoms with Crippen LogP contribution in [0.4, 0.5) is 0 Å². The van der Waals surface area contributed by atoms with Crippen LogP contribution in [0.5, 0.6) is 0 Å². The molecule has 0 aliphatic rings. The topological polar surface area (TPSA) is 22.0 Å². The molecule has 0 aromatic carbocycles. The summed E-state index contributed by atoms with van der Waals surface area (Å²) < 4.78 is 1.68. The van der Waals surface area contributed by atoms with Crippen molar-refractivity contribution in [1.82, 2.24) is 4.57 Å². The molecular weight excluding hydrogens is 198 g/mol. The maximum absolute atomic E-state index is 11.3. The minimum Gasteiger partial charge on any atom is -0.318 e. The number of unbranched alkanes of at least 4 members (excludes halogenated alkanes) is 1. The molecule has 1 rings (SSSR count). The SMILES string of the molecule is CCCCC(CCC)c1ccc(=O)n(C)c1. The molecule has 0 radical (unpaired) electrons. The largest absolute Gasteiger partial charge is 0.318 e. The number of hydrogen-bond donors (Lipinski definition) is 0. The van der Waals surface area contributed by atoms with Crippen molar-refractivity contribution in [2.45, 2.75) is 51.9 Å². The molecule has 0 N–H and O–H groups in total. The second-order valence-corrected chi connectivity index (χ2v) is 4.54. The van der Waals surface area contributed by atoms with E-state index in [0.717, 1.165) is 0 Å². The molecular formula is C14H23NO. The van der Waals surface area contributed by atoms with Crippen molar-refractivity contribution < 1.29 is 0 Å². The molecule has 0 aliphatic heterocycles. The van der Waals surface area contributed by atoms with Crippen LogP contribution in [0, 0.1) is 0 Å². The summed E-state index contributed by atoms with van der Waals surface area (Å²) in [6, 6.07) is 3.68. The lowest BCUT2D eigenvalue weighted by Crippen LogP contribution is -2.16. The summed E-state index contributed by atoms with van der Waals surface area (Å²) in [6.07, 6.45) is 8.18. The normalized spacial score (nSPS) is 12.7. The fourth-order valence-electron chi connectivity index (χ4n) is 2.13. The van der Waals surface area contributed by atoms with Crippen molar-refractivity contribution in [1.29, 1.82) is 0 Å². The van der Waals surface area contributed by atoms with Crippen molar-refractivity contribution in [3.05, 3.63) is 34.2 Å². The van der Waals surface area contributed by atoms with E-state index in [4.69, 9.17) is 0 Å². The molecule has 2 nitrogen and oxygen atoms in total. The Morgan fingerprint density at radius 1 is 1.19 bits per heavy atom. The van der Waals surface area contributed by atoms with Gasteiger partial charge in [0.05, 0.1) is 0 Å². The van der Waals surface area contributed by atoms with E-state index in [2.05, 4.69) is 13.8 Å². The molecule has 90 valence electrons. The molecule has 1 atom stereocenters. The van der Waals surface area contributed by atoms with Crippen molar-refractivity contribution in [2.75, 3.05) is 0 Å². The molecule has 0 bridgehead atoms. The molecule has 0 aliphatic carbocycles. The quantitative estimate of drug-likeness (QED) is 0.721. The van der Waals surface area contributed by atoms with E-state index in [1.54, 1.807) is 10.6 Å². The highest BCUT2D eigenvalue weighted by molar-refractivity contribution is 5.15. The van der Waals surface area contributed by atoms with Crippen LogP contribution >= 0.6 is 0 Å². The zero-order valence-corrected chi connectivity index (χ0v) is 10.7. The molecule has 0 fully saturated rings. The summed E-state index contributed by atoms with van der Waals surface area (Å²) in [5.41, 5.74) is 1.40. The van der Waals surface area contributed by atoms with Crippen LogP contribution in [-0.4, -0.2) is 4.57 Å². The molecule has 1 aromatic heterocycles. The van der Waals surface area contributed by atoms with Gasteiger partial charge in [0.1, 0.15) is 0 Å². The van der Waals surface area contributed by atoms with Crippen LogP contribution < -0.4 is 5.56 Å². The number of aryl methyl sites for hydroxylation is 1. The number of hydrogen-bond acceptors (Lipinski definition) is 1.